The van der Waals surface area contributed by atoms with Gasteiger partial charge in [0.1, 0.15) is 0 Å². The van der Waals surface area contributed by atoms with Crippen LogP contribution in [-0.4, -0.2) is 32.3 Å². The molecule has 0 aromatic heterocycles. The molecule has 1 heterocycles. The van der Waals surface area contributed by atoms with Crippen molar-refractivity contribution in [3.8, 4) is 0 Å². The highest BCUT2D eigenvalue weighted by Crippen LogP contribution is 2.12. The van der Waals surface area contributed by atoms with Crippen molar-refractivity contribution < 1.29 is 19.1 Å². The highest BCUT2D eigenvalue weighted by molar-refractivity contribution is 5.72. The lowest BCUT2D eigenvalue weighted by Gasteiger charge is -2.20. The van der Waals surface area contributed by atoms with E-state index < -0.39 is 0 Å². The van der Waals surface area contributed by atoms with Crippen molar-refractivity contribution in [2.45, 2.75) is 12.8 Å². The average molecular weight is 186 g/mol. The van der Waals surface area contributed by atoms with Crippen molar-refractivity contribution in [2.24, 2.45) is 5.92 Å². The largest absolute Gasteiger partial charge is 0.428 e. The van der Waals surface area contributed by atoms with Gasteiger partial charge in [0.25, 0.3) is 0 Å². The number of esters is 1. The molecule has 0 unspecified atom stereocenters. The monoisotopic (exact) mass is 186 g/mol. The van der Waals surface area contributed by atoms with Crippen LogP contribution >= 0.6 is 0 Å². The molecule has 0 saturated carbocycles. The minimum Gasteiger partial charge on any atom is -0.428 e. The summed E-state index contributed by atoms with van der Waals surface area (Å²) in [6.07, 6.45) is 1.56. The van der Waals surface area contributed by atoms with E-state index >= 15 is 0 Å². The SMILES string of the molecule is O=[C]OCOC(=O)C1CCNCC1. The molecule has 1 N–H and O–H groups in total. The number of carbonyl (C=O) groups is 1. The van der Waals surface area contributed by atoms with Gasteiger partial charge in [0, 0.05) is 0 Å². The number of hydrogen-bond acceptors (Lipinski definition) is 5. The number of ether oxygens (including phenoxy) is 2. The summed E-state index contributed by atoms with van der Waals surface area (Å²) >= 11 is 0. The van der Waals surface area contributed by atoms with E-state index in [1.165, 1.54) is 6.47 Å². The molecule has 0 aromatic rings. The zero-order valence-corrected chi connectivity index (χ0v) is 7.25. The zero-order chi connectivity index (χ0) is 9.52. The summed E-state index contributed by atoms with van der Waals surface area (Å²) in [5, 5.41) is 3.14. The van der Waals surface area contributed by atoms with Gasteiger partial charge >= 0.3 is 12.4 Å². The van der Waals surface area contributed by atoms with Crippen LogP contribution in [-0.2, 0) is 19.1 Å². The highest BCUT2D eigenvalue weighted by atomic mass is 16.7. The Balaban J connectivity index is 2.17. The quantitative estimate of drug-likeness (QED) is 0.366. The van der Waals surface area contributed by atoms with Crippen LogP contribution in [0, 0.1) is 5.92 Å². The fourth-order valence-electron chi connectivity index (χ4n) is 1.29. The van der Waals surface area contributed by atoms with Crippen LogP contribution in [0.25, 0.3) is 0 Å². The third-order valence-corrected chi connectivity index (χ3v) is 1.99. The van der Waals surface area contributed by atoms with Gasteiger partial charge in [0.2, 0.25) is 6.79 Å². The third kappa shape index (κ3) is 3.42. The molecule has 1 aliphatic rings. The molecule has 1 aliphatic heterocycles. The van der Waals surface area contributed by atoms with Crippen LogP contribution in [0.5, 0.6) is 0 Å². The summed E-state index contributed by atoms with van der Waals surface area (Å²) in [5.41, 5.74) is 0. The molecule has 0 aliphatic carbocycles. The van der Waals surface area contributed by atoms with Crippen LogP contribution in [0.3, 0.4) is 0 Å². The first-order valence-corrected chi connectivity index (χ1v) is 4.21. The van der Waals surface area contributed by atoms with Crippen LogP contribution in [0.2, 0.25) is 0 Å². The number of hydrogen-bond donors (Lipinski definition) is 1. The van der Waals surface area contributed by atoms with E-state index in [4.69, 9.17) is 0 Å². The van der Waals surface area contributed by atoms with Gasteiger partial charge in [-0.15, -0.1) is 0 Å². The van der Waals surface area contributed by atoms with Gasteiger partial charge in [-0.3, -0.25) is 4.79 Å². The first-order valence-electron chi connectivity index (χ1n) is 4.21. The predicted octanol–water partition coefficient (Wildman–Crippen LogP) is -0.430. The summed E-state index contributed by atoms with van der Waals surface area (Å²) in [6, 6.07) is 0. The molecule has 0 spiro atoms. The maximum atomic E-state index is 11.2. The lowest BCUT2D eigenvalue weighted by molar-refractivity contribution is -0.156. The van der Waals surface area contributed by atoms with E-state index in [-0.39, 0.29) is 18.7 Å². The summed E-state index contributed by atoms with van der Waals surface area (Å²) in [5.74, 6) is -0.353. The number of rotatable bonds is 4. The average Bonchev–Trinajstić information content (AvgIpc) is 2.19. The summed E-state index contributed by atoms with van der Waals surface area (Å²) in [7, 11) is 0. The molecule has 5 nitrogen and oxygen atoms in total. The van der Waals surface area contributed by atoms with Crippen molar-refractivity contribution in [1.82, 2.24) is 5.32 Å². The van der Waals surface area contributed by atoms with Crippen LogP contribution in [0.1, 0.15) is 12.8 Å². The maximum absolute atomic E-state index is 11.2. The molecule has 0 aromatic carbocycles. The second-order valence-electron chi connectivity index (χ2n) is 2.83. The van der Waals surface area contributed by atoms with Gasteiger partial charge in [-0.25, -0.2) is 4.79 Å². The first-order chi connectivity index (χ1) is 6.34. The molecule has 1 radical (unpaired) electrons. The fourth-order valence-corrected chi connectivity index (χ4v) is 1.29. The van der Waals surface area contributed by atoms with E-state index in [9.17, 15) is 9.59 Å². The van der Waals surface area contributed by atoms with Crippen LogP contribution in [0.15, 0.2) is 0 Å². The van der Waals surface area contributed by atoms with Gasteiger partial charge < -0.3 is 14.8 Å². The summed E-state index contributed by atoms with van der Waals surface area (Å²) < 4.78 is 8.80. The Hall–Kier alpha value is -1.10. The van der Waals surface area contributed by atoms with Crippen molar-refractivity contribution in [1.29, 1.82) is 0 Å². The lowest BCUT2D eigenvalue weighted by atomic mass is 9.99. The van der Waals surface area contributed by atoms with E-state index in [0.717, 1.165) is 25.9 Å². The van der Waals surface area contributed by atoms with Gasteiger partial charge in [-0.2, -0.15) is 0 Å². The van der Waals surface area contributed by atoms with E-state index in [1.54, 1.807) is 0 Å². The highest BCUT2D eigenvalue weighted by Gasteiger charge is 2.22. The van der Waals surface area contributed by atoms with Crippen LogP contribution < -0.4 is 5.32 Å². The molecular weight excluding hydrogens is 174 g/mol. The summed E-state index contributed by atoms with van der Waals surface area (Å²) in [6.45, 7) is 2.53. The topological polar surface area (TPSA) is 64.6 Å². The predicted molar refractivity (Wildman–Crippen MR) is 43.3 cm³/mol. The molecule has 1 fully saturated rings. The van der Waals surface area contributed by atoms with E-state index in [0.29, 0.717) is 0 Å². The lowest BCUT2D eigenvalue weighted by Crippen LogP contribution is -2.33. The molecule has 5 heteroatoms. The molecular formula is C8H12NO4. The second kappa shape index (κ2) is 5.53. The zero-order valence-electron chi connectivity index (χ0n) is 7.25. The Morgan fingerprint density at radius 3 is 2.77 bits per heavy atom. The Morgan fingerprint density at radius 1 is 1.46 bits per heavy atom. The summed E-state index contributed by atoms with van der Waals surface area (Å²) in [4.78, 5) is 20.8. The Kier molecular flexibility index (Phi) is 4.25. The molecule has 13 heavy (non-hydrogen) atoms. The van der Waals surface area contributed by atoms with E-state index in [2.05, 4.69) is 14.8 Å². The van der Waals surface area contributed by atoms with Gasteiger partial charge in [-0.1, -0.05) is 0 Å². The molecule has 73 valence electrons. The molecule has 1 saturated heterocycles. The molecule has 0 atom stereocenters. The van der Waals surface area contributed by atoms with Gasteiger partial charge in [0.05, 0.1) is 5.92 Å². The normalized spacial score (nSPS) is 17.8. The Labute approximate surface area is 76.4 Å². The minimum atomic E-state index is -0.327. The fraction of sp³-hybridized carbons (Fsp3) is 0.750. The molecule has 0 amide bonds. The molecule has 1 rings (SSSR count). The molecule has 0 bridgehead atoms. The number of piperidine rings is 1. The first kappa shape index (κ1) is 9.98. The van der Waals surface area contributed by atoms with Crippen LogP contribution in [0.4, 0.5) is 0 Å². The standard InChI is InChI=1S/C8H12NO4/c10-5-12-6-13-8(11)7-1-3-9-4-2-7/h7,9H,1-4,6H2. The van der Waals surface area contributed by atoms with Gasteiger partial charge in [-0.05, 0) is 25.9 Å². The Morgan fingerprint density at radius 2 is 2.15 bits per heavy atom. The smallest absolute Gasteiger partial charge is 0.420 e. The third-order valence-electron chi connectivity index (χ3n) is 1.99. The number of nitrogens with one attached hydrogen (secondary N) is 1. The minimum absolute atomic E-state index is 0.0588. The van der Waals surface area contributed by atoms with Crippen molar-refractivity contribution in [2.75, 3.05) is 19.9 Å². The second-order valence-corrected chi connectivity index (χ2v) is 2.83. The van der Waals surface area contributed by atoms with Crippen molar-refractivity contribution in [3.05, 3.63) is 0 Å². The van der Waals surface area contributed by atoms with Gasteiger partial charge in [0.15, 0.2) is 0 Å². The number of carbonyl (C=O) groups excluding carboxylic acids is 2. The Bertz CT molecular complexity index is 177. The van der Waals surface area contributed by atoms with Crippen molar-refractivity contribution >= 4 is 12.4 Å². The maximum Gasteiger partial charge on any atom is 0.420 e. The van der Waals surface area contributed by atoms with Crippen molar-refractivity contribution in [3.63, 3.8) is 0 Å². The van der Waals surface area contributed by atoms with E-state index in [1.807, 2.05) is 0 Å².